The SMILES string of the molecule is Cc1ccc(S(=O)(=O)/N=C2\N(C)c3ccccc3[C@@]23[C@@H]2Cc4ccccc4[C@@H]23)cc1. The summed E-state index contributed by atoms with van der Waals surface area (Å²) in [4.78, 5) is 2.23. The van der Waals surface area contributed by atoms with Gasteiger partial charge < -0.3 is 4.90 Å². The van der Waals surface area contributed by atoms with Gasteiger partial charge in [0.15, 0.2) is 0 Å². The predicted octanol–water partition coefficient (Wildman–Crippen LogP) is 4.44. The summed E-state index contributed by atoms with van der Waals surface area (Å²) in [5.41, 5.74) is 5.66. The molecule has 3 aromatic rings. The van der Waals surface area contributed by atoms with Crippen LogP contribution in [0.2, 0.25) is 0 Å². The van der Waals surface area contributed by atoms with E-state index in [-0.39, 0.29) is 16.2 Å². The summed E-state index contributed by atoms with van der Waals surface area (Å²) in [5, 5.41) is 0. The molecule has 0 aromatic heterocycles. The summed E-state index contributed by atoms with van der Waals surface area (Å²) in [5.74, 6) is 1.30. The van der Waals surface area contributed by atoms with Crippen LogP contribution in [0.3, 0.4) is 0 Å². The first-order valence-electron chi connectivity index (χ1n) is 10.3. The molecule has 0 radical (unpaired) electrons. The van der Waals surface area contributed by atoms with Crippen LogP contribution in [0.4, 0.5) is 5.69 Å². The first-order chi connectivity index (χ1) is 14.4. The second kappa shape index (κ2) is 5.82. The average molecular weight is 415 g/mol. The van der Waals surface area contributed by atoms with Crippen LogP contribution in [0.5, 0.6) is 0 Å². The fourth-order valence-electron chi connectivity index (χ4n) is 5.77. The largest absolute Gasteiger partial charge is 0.331 e. The lowest BCUT2D eigenvalue weighted by Gasteiger charge is -2.20. The minimum atomic E-state index is -3.80. The molecular formula is C25H22N2O2S. The van der Waals surface area contributed by atoms with Crippen LogP contribution in [0.15, 0.2) is 82.1 Å². The number of anilines is 1. The Bertz CT molecular complexity index is 1330. The third kappa shape index (κ3) is 2.16. The minimum absolute atomic E-state index is 0.242. The molecule has 0 saturated heterocycles. The van der Waals surface area contributed by atoms with Gasteiger partial charge in [-0.2, -0.15) is 8.42 Å². The number of benzene rings is 3. The van der Waals surface area contributed by atoms with Crippen LogP contribution in [-0.2, 0) is 21.9 Å². The van der Waals surface area contributed by atoms with Crippen molar-refractivity contribution in [1.29, 1.82) is 0 Å². The molecule has 3 aliphatic rings. The highest BCUT2D eigenvalue weighted by Gasteiger charge is 2.75. The Kier molecular flexibility index (Phi) is 3.47. The zero-order valence-corrected chi connectivity index (χ0v) is 17.7. The van der Waals surface area contributed by atoms with Crippen molar-refractivity contribution in [1.82, 2.24) is 0 Å². The molecular weight excluding hydrogens is 392 g/mol. The van der Waals surface area contributed by atoms with Crippen molar-refractivity contribution in [2.75, 3.05) is 11.9 Å². The summed E-state index contributed by atoms with van der Waals surface area (Å²) >= 11 is 0. The van der Waals surface area contributed by atoms with Crippen molar-refractivity contribution in [2.45, 2.75) is 29.6 Å². The first-order valence-corrected chi connectivity index (χ1v) is 11.7. The van der Waals surface area contributed by atoms with Gasteiger partial charge in [0.05, 0.1) is 10.3 Å². The van der Waals surface area contributed by atoms with Gasteiger partial charge in [0, 0.05) is 18.7 Å². The van der Waals surface area contributed by atoms with E-state index in [9.17, 15) is 8.42 Å². The minimum Gasteiger partial charge on any atom is -0.331 e. The molecule has 6 rings (SSSR count). The highest BCUT2D eigenvalue weighted by molar-refractivity contribution is 7.90. The zero-order chi connectivity index (χ0) is 20.7. The number of hydrogen-bond donors (Lipinski definition) is 0. The number of aryl methyl sites for hydroxylation is 1. The second-order valence-corrected chi connectivity index (χ2v) is 10.2. The van der Waals surface area contributed by atoms with Crippen LogP contribution in [0.1, 0.15) is 28.2 Å². The average Bonchev–Trinajstić information content (AvgIpc) is 3.11. The number of hydrogen-bond acceptors (Lipinski definition) is 2. The fraction of sp³-hybridized carbons (Fsp3) is 0.240. The Hall–Kier alpha value is -2.92. The molecule has 4 nitrogen and oxygen atoms in total. The van der Waals surface area contributed by atoms with E-state index in [1.165, 1.54) is 16.7 Å². The first kappa shape index (κ1) is 17.9. The van der Waals surface area contributed by atoms with Crippen molar-refractivity contribution in [3.63, 3.8) is 0 Å². The van der Waals surface area contributed by atoms with E-state index in [1.54, 1.807) is 12.1 Å². The van der Waals surface area contributed by atoms with Crippen molar-refractivity contribution in [3.8, 4) is 0 Å². The number of para-hydroxylation sites is 1. The second-order valence-electron chi connectivity index (χ2n) is 8.64. The van der Waals surface area contributed by atoms with Gasteiger partial charge in [-0.1, -0.05) is 60.2 Å². The van der Waals surface area contributed by atoms with Gasteiger partial charge in [0.2, 0.25) is 0 Å². The van der Waals surface area contributed by atoms with E-state index >= 15 is 0 Å². The monoisotopic (exact) mass is 414 g/mol. The predicted molar refractivity (Wildman–Crippen MR) is 119 cm³/mol. The highest BCUT2D eigenvalue weighted by atomic mass is 32.2. The van der Waals surface area contributed by atoms with Crippen molar-refractivity contribution in [3.05, 3.63) is 95.1 Å². The normalized spacial score (nSPS) is 27.3. The van der Waals surface area contributed by atoms with Crippen molar-refractivity contribution in [2.24, 2.45) is 10.3 Å². The fourth-order valence-corrected chi connectivity index (χ4v) is 6.86. The van der Waals surface area contributed by atoms with Gasteiger partial charge in [0.1, 0.15) is 5.84 Å². The highest BCUT2D eigenvalue weighted by Crippen LogP contribution is 2.74. The van der Waals surface area contributed by atoms with E-state index < -0.39 is 10.0 Å². The lowest BCUT2D eigenvalue weighted by molar-refractivity contribution is 0.597. The summed E-state index contributed by atoms with van der Waals surface area (Å²) < 4.78 is 31.0. The van der Waals surface area contributed by atoms with Crippen LogP contribution < -0.4 is 4.90 Å². The molecule has 5 heteroatoms. The molecule has 1 fully saturated rings. The Morgan fingerprint density at radius 3 is 2.47 bits per heavy atom. The molecule has 3 atom stereocenters. The van der Waals surface area contributed by atoms with Crippen molar-refractivity contribution < 1.29 is 8.42 Å². The summed E-state index contributed by atoms with van der Waals surface area (Å²) in [6.45, 7) is 1.95. The maximum Gasteiger partial charge on any atom is 0.283 e. The molecule has 1 heterocycles. The van der Waals surface area contributed by atoms with E-state index in [4.69, 9.17) is 0 Å². The number of nitrogens with zero attached hydrogens (tertiary/aromatic N) is 2. The maximum atomic E-state index is 13.3. The molecule has 30 heavy (non-hydrogen) atoms. The number of amidine groups is 1. The molecule has 0 unspecified atom stereocenters. The molecule has 1 saturated carbocycles. The summed E-state index contributed by atoms with van der Waals surface area (Å²) in [6, 6.07) is 23.8. The molecule has 0 amide bonds. The Balaban J connectivity index is 1.55. The Morgan fingerprint density at radius 2 is 1.67 bits per heavy atom. The molecule has 3 aromatic carbocycles. The lowest BCUT2D eigenvalue weighted by atomic mass is 9.86. The smallest absolute Gasteiger partial charge is 0.283 e. The summed E-state index contributed by atoms with van der Waals surface area (Å²) in [6.07, 6.45) is 0.965. The number of rotatable bonds is 2. The molecule has 150 valence electrons. The van der Waals surface area contributed by atoms with Crippen LogP contribution in [0, 0.1) is 12.8 Å². The van der Waals surface area contributed by atoms with Gasteiger partial charge in [-0.3, -0.25) is 0 Å². The van der Waals surface area contributed by atoms with Crippen molar-refractivity contribution >= 4 is 21.5 Å². The van der Waals surface area contributed by atoms with E-state index in [1.807, 2.05) is 43.1 Å². The van der Waals surface area contributed by atoms with Crippen LogP contribution in [0.25, 0.3) is 0 Å². The van der Waals surface area contributed by atoms with Crippen LogP contribution >= 0.6 is 0 Å². The third-order valence-electron chi connectivity index (χ3n) is 7.12. The van der Waals surface area contributed by atoms with Crippen LogP contribution in [-0.4, -0.2) is 21.3 Å². The summed E-state index contributed by atoms with van der Waals surface area (Å²) in [7, 11) is -1.86. The number of likely N-dealkylation sites (N-methyl/N-ethyl adjacent to an activating group) is 1. The van der Waals surface area contributed by atoms with E-state index in [0.717, 1.165) is 17.7 Å². The lowest BCUT2D eigenvalue weighted by Crippen LogP contribution is -2.33. The number of sulfonamides is 1. The zero-order valence-electron chi connectivity index (χ0n) is 16.9. The van der Waals surface area contributed by atoms with Gasteiger partial charge in [-0.25, -0.2) is 0 Å². The molecule has 1 spiro atoms. The van der Waals surface area contributed by atoms with Gasteiger partial charge in [0.25, 0.3) is 10.0 Å². The van der Waals surface area contributed by atoms with E-state index in [2.05, 4.69) is 40.8 Å². The molecule has 2 aliphatic carbocycles. The number of fused-ring (bicyclic) bond motifs is 7. The standard InChI is InChI=1S/C25H22N2O2S/c1-16-11-13-18(14-12-16)30(28,29)26-24-25(20-9-5-6-10-22(20)27(24)2)21-15-17-7-3-4-8-19(17)23(21)25/h3-14,21,23H,15H2,1-2H3/b26-24-/t21-,23+,25+/m1/s1. The molecule has 1 aliphatic heterocycles. The Morgan fingerprint density at radius 1 is 0.967 bits per heavy atom. The molecule has 0 bridgehead atoms. The third-order valence-corrected chi connectivity index (χ3v) is 8.40. The van der Waals surface area contributed by atoms with E-state index in [0.29, 0.717) is 11.8 Å². The molecule has 0 N–H and O–H groups in total. The quantitative estimate of drug-likeness (QED) is 0.623. The maximum absolute atomic E-state index is 13.3. The van der Waals surface area contributed by atoms with Gasteiger partial charge in [-0.15, -0.1) is 4.40 Å². The van der Waals surface area contributed by atoms with Gasteiger partial charge >= 0.3 is 0 Å². The topological polar surface area (TPSA) is 49.7 Å². The Labute approximate surface area is 176 Å². The van der Waals surface area contributed by atoms with Gasteiger partial charge in [-0.05, 0) is 54.2 Å².